The van der Waals surface area contributed by atoms with E-state index in [1.807, 2.05) is 31.3 Å². The maximum Gasteiger partial charge on any atom is 0.123 e. The van der Waals surface area contributed by atoms with Crippen LogP contribution < -0.4 is 5.32 Å². The van der Waals surface area contributed by atoms with Crippen LogP contribution in [0.25, 0.3) is 11.0 Å². The average molecular weight is 332 g/mol. The molecule has 0 spiro atoms. The Morgan fingerprint density at radius 2 is 2.35 bits per heavy atom. The fourth-order valence-corrected chi connectivity index (χ4v) is 3.30. The number of imidazole rings is 1. The van der Waals surface area contributed by atoms with Gasteiger partial charge in [-0.15, -0.1) is 0 Å². The molecule has 6 nitrogen and oxygen atoms in total. The molecule has 0 saturated carbocycles. The van der Waals surface area contributed by atoms with Gasteiger partial charge in [0.2, 0.25) is 0 Å². The van der Waals surface area contributed by atoms with Crippen molar-refractivity contribution in [2.24, 2.45) is 7.05 Å². The first kappa shape index (κ1) is 14.7. The molecule has 7 heteroatoms. The summed E-state index contributed by atoms with van der Waals surface area (Å²) < 4.78 is 7.92. The van der Waals surface area contributed by atoms with E-state index in [9.17, 15) is 0 Å². The van der Waals surface area contributed by atoms with Gasteiger partial charge in [-0.05, 0) is 30.7 Å². The molecule has 23 heavy (non-hydrogen) atoms. The summed E-state index contributed by atoms with van der Waals surface area (Å²) in [6, 6.07) is 8.00. The van der Waals surface area contributed by atoms with E-state index >= 15 is 0 Å². The Kier molecular flexibility index (Phi) is 3.80. The summed E-state index contributed by atoms with van der Waals surface area (Å²) in [5.74, 6) is 0.984. The SMILES string of the molecule is Cn1c(CN[C@H]2CCO[C@@H]2c2ccn[nH]2)nc2cc(Cl)ccc21. The number of aromatic nitrogens is 4. The molecule has 0 radical (unpaired) electrons. The number of fused-ring (bicyclic) bond motifs is 1. The molecule has 1 aromatic carbocycles. The van der Waals surface area contributed by atoms with E-state index in [-0.39, 0.29) is 12.1 Å². The molecule has 1 aliphatic heterocycles. The highest BCUT2D eigenvalue weighted by Gasteiger charge is 2.30. The Hall–Kier alpha value is -1.89. The maximum absolute atomic E-state index is 6.05. The molecular formula is C16H18ClN5O. The Balaban J connectivity index is 1.51. The summed E-state index contributed by atoms with van der Waals surface area (Å²) in [4.78, 5) is 4.68. The van der Waals surface area contributed by atoms with Crippen molar-refractivity contribution >= 4 is 22.6 Å². The molecule has 2 aromatic heterocycles. The molecule has 0 amide bonds. The number of hydrogen-bond acceptors (Lipinski definition) is 4. The van der Waals surface area contributed by atoms with Crippen molar-refractivity contribution in [1.82, 2.24) is 25.1 Å². The lowest BCUT2D eigenvalue weighted by molar-refractivity contribution is 0.0949. The van der Waals surface area contributed by atoms with E-state index in [1.165, 1.54) is 0 Å². The van der Waals surface area contributed by atoms with Gasteiger partial charge in [-0.2, -0.15) is 5.10 Å². The summed E-state index contributed by atoms with van der Waals surface area (Å²) in [5, 5.41) is 11.3. The highest BCUT2D eigenvalue weighted by molar-refractivity contribution is 6.31. The number of benzene rings is 1. The molecule has 1 fully saturated rings. The molecule has 2 atom stereocenters. The van der Waals surface area contributed by atoms with Crippen LogP contribution in [0.3, 0.4) is 0 Å². The standard InChI is InChI=1S/C16H18ClN5O/c1-22-14-3-2-10(17)8-13(14)20-15(22)9-18-11-5-7-23-16(11)12-4-6-19-21-12/h2-4,6,8,11,16,18H,5,7,9H2,1H3,(H,19,21)/t11-,16-/m0/s1. The fourth-order valence-electron chi connectivity index (χ4n) is 3.13. The van der Waals surface area contributed by atoms with Gasteiger partial charge in [-0.1, -0.05) is 11.6 Å². The number of aryl methyl sites for hydroxylation is 1. The normalized spacial score (nSPS) is 21.3. The first-order valence-corrected chi connectivity index (χ1v) is 8.05. The van der Waals surface area contributed by atoms with Gasteiger partial charge in [0.15, 0.2) is 0 Å². The molecule has 0 bridgehead atoms. The van der Waals surface area contributed by atoms with Gasteiger partial charge in [0.05, 0.1) is 23.3 Å². The van der Waals surface area contributed by atoms with Crippen molar-refractivity contribution in [3.8, 4) is 0 Å². The molecule has 1 saturated heterocycles. The zero-order chi connectivity index (χ0) is 15.8. The Bertz CT molecular complexity index is 813. The lowest BCUT2D eigenvalue weighted by atomic mass is 10.1. The Morgan fingerprint density at radius 3 is 3.17 bits per heavy atom. The lowest BCUT2D eigenvalue weighted by Gasteiger charge is -2.18. The van der Waals surface area contributed by atoms with E-state index in [0.717, 1.165) is 35.6 Å². The third kappa shape index (κ3) is 2.73. The molecule has 3 aromatic rings. The topological polar surface area (TPSA) is 67.8 Å². The van der Waals surface area contributed by atoms with Crippen LogP contribution in [0, 0.1) is 0 Å². The van der Waals surface area contributed by atoms with E-state index in [4.69, 9.17) is 16.3 Å². The summed E-state index contributed by atoms with van der Waals surface area (Å²) in [6.45, 7) is 1.43. The minimum Gasteiger partial charge on any atom is -0.370 e. The van der Waals surface area contributed by atoms with Crippen LogP contribution in [0.15, 0.2) is 30.5 Å². The molecule has 3 heterocycles. The van der Waals surface area contributed by atoms with Crippen LogP contribution in [0.5, 0.6) is 0 Å². The summed E-state index contributed by atoms with van der Waals surface area (Å²) in [5.41, 5.74) is 3.01. The molecule has 4 rings (SSSR count). The molecule has 1 aliphatic rings. The van der Waals surface area contributed by atoms with Crippen molar-refractivity contribution in [3.63, 3.8) is 0 Å². The van der Waals surface area contributed by atoms with E-state index in [0.29, 0.717) is 11.6 Å². The minimum absolute atomic E-state index is 0.0154. The number of halogens is 1. The predicted molar refractivity (Wildman–Crippen MR) is 88.2 cm³/mol. The quantitative estimate of drug-likeness (QED) is 0.771. The van der Waals surface area contributed by atoms with Crippen LogP contribution in [-0.4, -0.2) is 32.4 Å². The molecule has 120 valence electrons. The second-order valence-corrected chi connectivity index (χ2v) is 6.24. The molecule has 0 aliphatic carbocycles. The van der Waals surface area contributed by atoms with E-state index in [2.05, 4.69) is 25.1 Å². The largest absolute Gasteiger partial charge is 0.370 e. The number of rotatable bonds is 4. The zero-order valence-electron chi connectivity index (χ0n) is 12.8. The number of nitrogens with one attached hydrogen (secondary N) is 2. The Labute approximate surface area is 138 Å². The predicted octanol–water partition coefficient (Wildman–Crippen LogP) is 2.57. The molecule has 2 N–H and O–H groups in total. The molecular weight excluding hydrogens is 314 g/mol. The van der Waals surface area contributed by atoms with E-state index < -0.39 is 0 Å². The van der Waals surface area contributed by atoms with E-state index in [1.54, 1.807) is 6.20 Å². The highest BCUT2D eigenvalue weighted by Crippen LogP contribution is 2.28. The number of nitrogens with zero attached hydrogens (tertiary/aromatic N) is 3. The number of ether oxygens (including phenoxy) is 1. The van der Waals surface area contributed by atoms with Gasteiger partial charge in [-0.25, -0.2) is 4.98 Å². The zero-order valence-corrected chi connectivity index (χ0v) is 13.5. The third-order valence-electron chi connectivity index (χ3n) is 4.38. The first-order valence-electron chi connectivity index (χ1n) is 7.67. The van der Waals surface area contributed by atoms with Crippen molar-refractivity contribution in [1.29, 1.82) is 0 Å². The van der Waals surface area contributed by atoms with Crippen molar-refractivity contribution in [2.45, 2.75) is 25.1 Å². The van der Waals surface area contributed by atoms with Crippen molar-refractivity contribution in [3.05, 3.63) is 47.0 Å². The second-order valence-electron chi connectivity index (χ2n) is 5.80. The van der Waals surface area contributed by atoms with Crippen LogP contribution in [0.2, 0.25) is 5.02 Å². The monoisotopic (exact) mass is 331 g/mol. The van der Waals surface area contributed by atoms with Gasteiger partial charge in [0.25, 0.3) is 0 Å². The molecule has 0 unspecified atom stereocenters. The van der Waals surface area contributed by atoms with Gasteiger partial charge in [0.1, 0.15) is 11.9 Å². The average Bonchev–Trinajstić information content (AvgIpc) is 3.25. The van der Waals surface area contributed by atoms with Crippen molar-refractivity contribution < 1.29 is 4.74 Å². The van der Waals surface area contributed by atoms with Crippen LogP contribution in [0.1, 0.15) is 24.0 Å². The van der Waals surface area contributed by atoms with Gasteiger partial charge in [-0.3, -0.25) is 5.10 Å². The maximum atomic E-state index is 6.05. The minimum atomic E-state index is 0.0154. The third-order valence-corrected chi connectivity index (χ3v) is 4.61. The number of hydrogen-bond donors (Lipinski definition) is 2. The summed E-state index contributed by atoms with van der Waals surface area (Å²) in [6.07, 6.45) is 2.74. The second kappa shape index (κ2) is 5.96. The summed E-state index contributed by atoms with van der Waals surface area (Å²) in [7, 11) is 2.03. The fraction of sp³-hybridized carbons (Fsp3) is 0.375. The van der Waals surface area contributed by atoms with Gasteiger partial charge in [0, 0.05) is 30.9 Å². The number of aromatic amines is 1. The smallest absolute Gasteiger partial charge is 0.123 e. The van der Waals surface area contributed by atoms with Crippen LogP contribution in [-0.2, 0) is 18.3 Å². The first-order chi connectivity index (χ1) is 11.2. The lowest BCUT2D eigenvalue weighted by Crippen LogP contribution is -2.32. The Morgan fingerprint density at radius 1 is 1.43 bits per heavy atom. The van der Waals surface area contributed by atoms with Crippen LogP contribution >= 0.6 is 11.6 Å². The summed E-state index contributed by atoms with van der Waals surface area (Å²) >= 11 is 6.05. The van der Waals surface area contributed by atoms with Gasteiger partial charge >= 0.3 is 0 Å². The van der Waals surface area contributed by atoms with Crippen molar-refractivity contribution in [2.75, 3.05) is 6.61 Å². The van der Waals surface area contributed by atoms with Crippen LogP contribution in [0.4, 0.5) is 0 Å². The number of H-pyrrole nitrogens is 1. The highest BCUT2D eigenvalue weighted by atomic mass is 35.5. The van der Waals surface area contributed by atoms with Gasteiger partial charge < -0.3 is 14.6 Å².